The van der Waals surface area contributed by atoms with Crippen LogP contribution in [0.2, 0.25) is 0 Å². The summed E-state index contributed by atoms with van der Waals surface area (Å²) in [6.07, 6.45) is -0.190. The molecule has 9 heteroatoms. The van der Waals surface area contributed by atoms with Crippen LogP contribution in [0, 0.1) is 0 Å². The summed E-state index contributed by atoms with van der Waals surface area (Å²) >= 11 is 0. The monoisotopic (exact) mass is 487 g/mol. The van der Waals surface area contributed by atoms with E-state index >= 15 is 0 Å². The lowest BCUT2D eigenvalue weighted by atomic mass is 9.98. The Bertz CT molecular complexity index is 1370. The largest absolute Gasteiger partial charge is 0.497 e. The van der Waals surface area contributed by atoms with Crippen molar-refractivity contribution in [2.75, 3.05) is 20.8 Å². The Hall–Kier alpha value is -4.66. The van der Waals surface area contributed by atoms with Crippen molar-refractivity contribution >= 4 is 22.6 Å². The summed E-state index contributed by atoms with van der Waals surface area (Å²) < 4.78 is 15.7. The molecule has 0 spiro atoms. The van der Waals surface area contributed by atoms with Gasteiger partial charge >= 0.3 is 5.97 Å². The molecule has 0 bridgehead atoms. The average molecular weight is 488 g/mol. The lowest BCUT2D eigenvalue weighted by molar-refractivity contribution is -0.148. The molecule has 0 saturated carbocycles. The van der Waals surface area contributed by atoms with Crippen LogP contribution in [-0.4, -0.2) is 42.9 Å². The number of methoxy groups -OCH3 is 2. The number of fused-ring (bicyclic) bond motifs is 1. The Kier molecular flexibility index (Phi) is 7.60. The molecule has 0 saturated heterocycles. The third kappa shape index (κ3) is 5.69. The van der Waals surface area contributed by atoms with E-state index in [-0.39, 0.29) is 12.0 Å². The van der Waals surface area contributed by atoms with Gasteiger partial charge in [0.05, 0.1) is 37.8 Å². The highest BCUT2D eigenvalue weighted by atomic mass is 16.5. The SMILES string of the molecule is COc1ccc(C(NC(=O)COC(=O)Cc2n[nH]c(=O)c3ccccc23)c2ccc(OC)cc2)cc1. The van der Waals surface area contributed by atoms with Crippen molar-refractivity contribution in [1.29, 1.82) is 0 Å². The van der Waals surface area contributed by atoms with Gasteiger partial charge in [-0.05, 0) is 41.5 Å². The van der Waals surface area contributed by atoms with E-state index in [0.717, 1.165) is 11.1 Å². The summed E-state index contributed by atoms with van der Waals surface area (Å²) in [4.78, 5) is 37.1. The van der Waals surface area contributed by atoms with Gasteiger partial charge in [0.15, 0.2) is 6.61 Å². The number of aromatic amines is 1. The standard InChI is InChI=1S/C27H25N3O6/c1-34-19-11-7-17(8-12-19)26(18-9-13-20(35-2)14-10-18)28-24(31)16-36-25(32)15-23-21-5-3-4-6-22(21)27(33)30-29-23/h3-14,26H,15-16H2,1-2H3,(H,28,31)(H,30,33). The predicted octanol–water partition coefficient (Wildman–Crippen LogP) is 2.93. The first-order valence-corrected chi connectivity index (χ1v) is 11.2. The summed E-state index contributed by atoms with van der Waals surface area (Å²) in [5.74, 6) is 0.270. The first kappa shape index (κ1) is 24.5. The Balaban J connectivity index is 1.44. The Morgan fingerprint density at radius 2 is 1.42 bits per heavy atom. The fourth-order valence-electron chi connectivity index (χ4n) is 3.79. The maximum absolute atomic E-state index is 12.8. The van der Waals surface area contributed by atoms with Gasteiger partial charge in [-0.1, -0.05) is 42.5 Å². The second-order valence-electron chi connectivity index (χ2n) is 7.93. The molecule has 1 amide bonds. The Labute approximate surface area is 207 Å². The molecule has 9 nitrogen and oxygen atoms in total. The van der Waals surface area contributed by atoms with E-state index in [4.69, 9.17) is 14.2 Å². The normalized spacial score (nSPS) is 10.8. The molecule has 0 unspecified atom stereocenters. The summed E-state index contributed by atoms with van der Waals surface area (Å²) in [5, 5.41) is 10.3. The van der Waals surface area contributed by atoms with Crippen LogP contribution in [0.15, 0.2) is 77.6 Å². The van der Waals surface area contributed by atoms with Crippen molar-refractivity contribution in [3.63, 3.8) is 0 Å². The minimum atomic E-state index is -0.639. The van der Waals surface area contributed by atoms with Crippen LogP contribution in [0.3, 0.4) is 0 Å². The highest BCUT2D eigenvalue weighted by molar-refractivity contribution is 5.87. The fourth-order valence-corrected chi connectivity index (χ4v) is 3.79. The van der Waals surface area contributed by atoms with Gasteiger partial charge in [0.2, 0.25) is 0 Å². The number of aromatic nitrogens is 2. The molecule has 0 radical (unpaired) electrons. The average Bonchev–Trinajstić information content (AvgIpc) is 2.92. The number of ether oxygens (including phenoxy) is 3. The predicted molar refractivity (Wildman–Crippen MR) is 133 cm³/mol. The second-order valence-corrected chi connectivity index (χ2v) is 7.93. The van der Waals surface area contributed by atoms with Gasteiger partial charge in [-0.25, -0.2) is 5.10 Å². The highest BCUT2D eigenvalue weighted by Crippen LogP contribution is 2.26. The molecule has 4 aromatic rings. The summed E-state index contributed by atoms with van der Waals surface area (Å²) in [6, 6.07) is 21.0. The lowest BCUT2D eigenvalue weighted by Crippen LogP contribution is -2.33. The van der Waals surface area contributed by atoms with E-state index in [1.807, 2.05) is 24.3 Å². The number of amides is 1. The van der Waals surface area contributed by atoms with Crippen molar-refractivity contribution in [2.24, 2.45) is 0 Å². The lowest BCUT2D eigenvalue weighted by Gasteiger charge is -2.20. The number of hydrogen-bond acceptors (Lipinski definition) is 7. The third-order valence-electron chi connectivity index (χ3n) is 5.65. The first-order valence-electron chi connectivity index (χ1n) is 11.2. The minimum Gasteiger partial charge on any atom is -0.497 e. The summed E-state index contributed by atoms with van der Waals surface area (Å²) in [6.45, 7) is -0.469. The van der Waals surface area contributed by atoms with Gasteiger partial charge < -0.3 is 19.5 Å². The first-order chi connectivity index (χ1) is 17.5. The fraction of sp³-hybridized carbons (Fsp3) is 0.185. The Morgan fingerprint density at radius 3 is 1.97 bits per heavy atom. The highest BCUT2D eigenvalue weighted by Gasteiger charge is 2.19. The summed E-state index contributed by atoms with van der Waals surface area (Å²) in [5.41, 5.74) is 1.67. The van der Waals surface area contributed by atoms with Crippen LogP contribution in [0.4, 0.5) is 0 Å². The number of esters is 1. The number of nitrogens with zero attached hydrogens (tertiary/aromatic N) is 1. The van der Waals surface area contributed by atoms with Crippen molar-refractivity contribution in [3.05, 3.63) is 100.0 Å². The number of carbonyl (C=O) groups is 2. The van der Waals surface area contributed by atoms with Gasteiger partial charge in [-0.3, -0.25) is 14.4 Å². The second kappa shape index (κ2) is 11.2. The number of hydrogen-bond donors (Lipinski definition) is 2. The Morgan fingerprint density at radius 1 is 0.861 bits per heavy atom. The van der Waals surface area contributed by atoms with Crippen LogP contribution in [0.5, 0.6) is 11.5 Å². The van der Waals surface area contributed by atoms with Gasteiger partial charge in [-0.15, -0.1) is 0 Å². The van der Waals surface area contributed by atoms with E-state index in [9.17, 15) is 14.4 Å². The smallest absolute Gasteiger partial charge is 0.312 e. The molecule has 0 atom stereocenters. The van der Waals surface area contributed by atoms with Gasteiger partial charge in [-0.2, -0.15) is 5.10 Å². The molecule has 0 aliphatic heterocycles. The van der Waals surface area contributed by atoms with Gasteiger partial charge in [0, 0.05) is 5.39 Å². The molecule has 1 aromatic heterocycles. The van der Waals surface area contributed by atoms with E-state index < -0.39 is 24.5 Å². The molecule has 3 aromatic carbocycles. The van der Waals surface area contributed by atoms with Crippen molar-refractivity contribution in [1.82, 2.24) is 15.5 Å². The zero-order valence-electron chi connectivity index (χ0n) is 19.8. The van der Waals surface area contributed by atoms with Crippen LogP contribution in [0.1, 0.15) is 22.9 Å². The zero-order valence-corrected chi connectivity index (χ0v) is 19.8. The van der Waals surface area contributed by atoms with E-state index in [0.29, 0.717) is 28.0 Å². The van der Waals surface area contributed by atoms with E-state index in [2.05, 4.69) is 15.5 Å². The molecular weight excluding hydrogens is 462 g/mol. The van der Waals surface area contributed by atoms with Crippen molar-refractivity contribution < 1.29 is 23.8 Å². The molecule has 0 aliphatic rings. The molecule has 2 N–H and O–H groups in total. The van der Waals surface area contributed by atoms with Crippen molar-refractivity contribution in [2.45, 2.75) is 12.5 Å². The number of H-pyrrole nitrogens is 1. The maximum atomic E-state index is 12.8. The topological polar surface area (TPSA) is 120 Å². The summed E-state index contributed by atoms with van der Waals surface area (Å²) in [7, 11) is 3.16. The van der Waals surface area contributed by atoms with E-state index in [1.165, 1.54) is 0 Å². The van der Waals surface area contributed by atoms with Crippen molar-refractivity contribution in [3.8, 4) is 11.5 Å². The molecular formula is C27H25N3O6. The molecule has 0 fully saturated rings. The molecule has 4 rings (SSSR count). The van der Waals surface area contributed by atoms with Gasteiger partial charge in [0.25, 0.3) is 11.5 Å². The zero-order chi connectivity index (χ0) is 25.5. The van der Waals surface area contributed by atoms with Crippen LogP contribution < -0.4 is 20.3 Å². The molecule has 36 heavy (non-hydrogen) atoms. The quantitative estimate of drug-likeness (QED) is 0.348. The molecule has 1 heterocycles. The number of benzene rings is 3. The molecule has 184 valence electrons. The number of rotatable bonds is 9. The van der Waals surface area contributed by atoms with Crippen LogP contribution >= 0.6 is 0 Å². The van der Waals surface area contributed by atoms with Crippen LogP contribution in [0.25, 0.3) is 10.8 Å². The molecule has 0 aliphatic carbocycles. The number of carbonyl (C=O) groups excluding carboxylic acids is 2. The van der Waals surface area contributed by atoms with Gasteiger partial charge in [0.1, 0.15) is 11.5 Å². The maximum Gasteiger partial charge on any atom is 0.312 e. The minimum absolute atomic E-state index is 0.190. The third-order valence-corrected chi connectivity index (χ3v) is 5.65. The van der Waals surface area contributed by atoms with E-state index in [1.54, 1.807) is 62.8 Å². The van der Waals surface area contributed by atoms with Crippen LogP contribution in [-0.2, 0) is 20.7 Å². The number of nitrogens with one attached hydrogen (secondary N) is 2.